The van der Waals surface area contributed by atoms with Crippen molar-refractivity contribution in [1.82, 2.24) is 9.97 Å². The Balaban J connectivity index is 1.31. The number of H-pyrrole nitrogens is 1. The minimum absolute atomic E-state index is 0.219. The number of aliphatic hydroxyl groups is 1. The minimum atomic E-state index is -3.25. The van der Waals surface area contributed by atoms with E-state index >= 15 is 0 Å². The zero-order valence-corrected chi connectivity index (χ0v) is 22.7. The molecule has 39 heavy (non-hydrogen) atoms. The second kappa shape index (κ2) is 10.0. The van der Waals surface area contributed by atoms with Gasteiger partial charge in [0, 0.05) is 25.1 Å². The van der Waals surface area contributed by atoms with Crippen molar-refractivity contribution in [2.45, 2.75) is 29.3 Å². The molecule has 0 aliphatic carbocycles. The van der Waals surface area contributed by atoms with E-state index in [9.17, 15) is 13.5 Å². The summed E-state index contributed by atoms with van der Waals surface area (Å²) in [5, 5.41) is 10.5. The van der Waals surface area contributed by atoms with Gasteiger partial charge >= 0.3 is 0 Å². The van der Waals surface area contributed by atoms with E-state index in [0.717, 1.165) is 16.7 Å². The van der Waals surface area contributed by atoms with Crippen LogP contribution in [0, 0.1) is 0 Å². The van der Waals surface area contributed by atoms with Crippen LogP contribution in [0.4, 0.5) is 0 Å². The number of ether oxygens (including phenoxy) is 3. The maximum Gasteiger partial charge on any atom is 0.203 e. The highest BCUT2D eigenvalue weighted by atomic mass is 35.5. The molecule has 0 amide bonds. The first-order valence-corrected chi connectivity index (χ1v) is 14.6. The molecule has 2 aliphatic heterocycles. The number of fused-ring (bicyclic) bond motifs is 2. The largest absolute Gasteiger partial charge is 0.470 e. The van der Waals surface area contributed by atoms with Crippen LogP contribution < -0.4 is 4.74 Å². The molecule has 2 N–H and O–H groups in total. The van der Waals surface area contributed by atoms with Crippen LogP contribution in [0.5, 0.6) is 5.88 Å². The molecule has 4 aromatic rings. The fourth-order valence-corrected chi connectivity index (χ4v) is 5.93. The van der Waals surface area contributed by atoms with Crippen molar-refractivity contribution in [1.29, 1.82) is 0 Å². The summed E-state index contributed by atoms with van der Waals surface area (Å²) < 4.78 is 41.2. The molecule has 2 fully saturated rings. The number of benzene rings is 2. The SMILES string of the molecule is CN=Cc1c(O[C@@H]2CO[C@H]3[C@@H]2OC[C@H]3O)[nH]c2cc(Cl)c(-c3ccc(-c4ccc(S(C)(=O)=O)cc4)cc3)nc12. The number of nitrogens with zero attached hydrogens (tertiary/aromatic N) is 2. The smallest absolute Gasteiger partial charge is 0.203 e. The van der Waals surface area contributed by atoms with Gasteiger partial charge in [0.1, 0.15) is 23.8 Å². The summed E-state index contributed by atoms with van der Waals surface area (Å²) in [6.45, 7) is 0.518. The maximum atomic E-state index is 11.8. The van der Waals surface area contributed by atoms with E-state index < -0.39 is 28.1 Å². The number of aromatic nitrogens is 2. The third kappa shape index (κ3) is 4.83. The molecule has 2 aromatic heterocycles. The van der Waals surface area contributed by atoms with Gasteiger partial charge in [0.2, 0.25) is 5.88 Å². The molecule has 9 nitrogen and oxygen atoms in total. The number of nitrogens with one attached hydrogen (secondary N) is 1. The Morgan fingerprint density at radius 3 is 2.36 bits per heavy atom. The van der Waals surface area contributed by atoms with Gasteiger partial charge in [-0.25, -0.2) is 13.4 Å². The molecule has 6 rings (SSSR count). The summed E-state index contributed by atoms with van der Waals surface area (Å²) in [6.07, 6.45) is 1.06. The number of halogens is 1. The fourth-order valence-electron chi connectivity index (χ4n) is 5.04. The highest BCUT2D eigenvalue weighted by Gasteiger charge is 2.48. The number of aliphatic hydroxyl groups excluding tert-OH is 1. The molecule has 0 radical (unpaired) electrons. The molecule has 2 aliphatic rings. The summed E-state index contributed by atoms with van der Waals surface area (Å²) >= 11 is 6.67. The van der Waals surface area contributed by atoms with Crippen molar-refractivity contribution in [3.05, 3.63) is 65.2 Å². The predicted octanol–water partition coefficient (Wildman–Crippen LogP) is 3.91. The van der Waals surface area contributed by atoms with Crippen LogP contribution in [0.3, 0.4) is 0 Å². The highest BCUT2D eigenvalue weighted by molar-refractivity contribution is 7.90. The van der Waals surface area contributed by atoms with E-state index in [1.54, 1.807) is 43.6 Å². The van der Waals surface area contributed by atoms with E-state index in [2.05, 4.69) is 9.98 Å². The van der Waals surface area contributed by atoms with Crippen LogP contribution >= 0.6 is 11.6 Å². The molecule has 0 spiro atoms. The zero-order chi connectivity index (χ0) is 27.3. The van der Waals surface area contributed by atoms with Gasteiger partial charge in [-0.15, -0.1) is 0 Å². The molecular formula is C28H26ClN3O6S. The summed E-state index contributed by atoms with van der Waals surface area (Å²) in [7, 11) is -1.58. The van der Waals surface area contributed by atoms with Crippen LogP contribution in [-0.2, 0) is 19.3 Å². The number of hydrogen-bond acceptors (Lipinski definition) is 8. The van der Waals surface area contributed by atoms with Crippen molar-refractivity contribution >= 4 is 38.7 Å². The first kappa shape index (κ1) is 26.0. The second-order valence-electron chi connectivity index (χ2n) is 9.66. The van der Waals surface area contributed by atoms with Gasteiger partial charge in [-0.3, -0.25) is 4.99 Å². The van der Waals surface area contributed by atoms with Gasteiger partial charge < -0.3 is 24.3 Å². The third-order valence-corrected chi connectivity index (χ3v) is 8.42. The van der Waals surface area contributed by atoms with Gasteiger partial charge in [0.25, 0.3) is 0 Å². The van der Waals surface area contributed by atoms with Gasteiger partial charge in [-0.05, 0) is 29.3 Å². The Kier molecular flexibility index (Phi) is 6.68. The lowest BCUT2D eigenvalue weighted by Crippen LogP contribution is -2.34. The Morgan fingerprint density at radius 1 is 1.05 bits per heavy atom. The van der Waals surface area contributed by atoms with Crippen LogP contribution in [0.15, 0.2) is 64.5 Å². The normalized spacial score (nSPS) is 23.1. The molecule has 0 bridgehead atoms. The molecule has 4 atom stereocenters. The van der Waals surface area contributed by atoms with Crippen molar-refractivity contribution in [3.8, 4) is 28.3 Å². The first-order valence-electron chi connectivity index (χ1n) is 12.4. The Hall–Kier alpha value is -3.28. The van der Waals surface area contributed by atoms with E-state index in [1.165, 1.54) is 6.26 Å². The monoisotopic (exact) mass is 567 g/mol. The number of pyridine rings is 1. The van der Waals surface area contributed by atoms with Gasteiger partial charge in [0.05, 0.1) is 39.9 Å². The molecular weight excluding hydrogens is 542 g/mol. The lowest BCUT2D eigenvalue weighted by atomic mass is 10.0. The van der Waals surface area contributed by atoms with Crippen LogP contribution in [0.25, 0.3) is 33.4 Å². The second-order valence-corrected chi connectivity index (χ2v) is 12.1. The third-order valence-electron chi connectivity index (χ3n) is 7.01. The molecule has 2 aromatic carbocycles. The molecule has 2 saturated heterocycles. The zero-order valence-electron chi connectivity index (χ0n) is 21.2. The summed E-state index contributed by atoms with van der Waals surface area (Å²) in [5.41, 5.74) is 5.28. The quantitative estimate of drug-likeness (QED) is 0.339. The summed E-state index contributed by atoms with van der Waals surface area (Å²) in [5.74, 6) is 0.475. The molecule has 4 heterocycles. The number of hydrogen-bond donors (Lipinski definition) is 2. The van der Waals surface area contributed by atoms with E-state index in [1.807, 2.05) is 24.3 Å². The number of aromatic amines is 1. The minimum Gasteiger partial charge on any atom is -0.470 e. The molecule has 11 heteroatoms. The maximum absolute atomic E-state index is 11.8. The predicted molar refractivity (Wildman–Crippen MR) is 149 cm³/mol. The van der Waals surface area contributed by atoms with Gasteiger partial charge in [-0.1, -0.05) is 48.0 Å². The number of sulfone groups is 1. The van der Waals surface area contributed by atoms with E-state index in [-0.39, 0.29) is 17.6 Å². The molecule has 0 unspecified atom stereocenters. The van der Waals surface area contributed by atoms with Gasteiger partial charge in [0.15, 0.2) is 15.9 Å². The highest BCUT2D eigenvalue weighted by Crippen LogP contribution is 2.36. The summed E-state index contributed by atoms with van der Waals surface area (Å²) in [4.78, 5) is 12.6. The van der Waals surface area contributed by atoms with Crippen LogP contribution in [0.2, 0.25) is 5.02 Å². The Morgan fingerprint density at radius 2 is 1.69 bits per heavy atom. The Bertz CT molecular complexity index is 1670. The first-order chi connectivity index (χ1) is 18.7. The Labute approximate surface area is 230 Å². The van der Waals surface area contributed by atoms with E-state index in [0.29, 0.717) is 39.8 Å². The summed E-state index contributed by atoms with van der Waals surface area (Å²) in [6, 6.07) is 16.3. The lowest BCUT2D eigenvalue weighted by Gasteiger charge is -2.17. The fraction of sp³-hybridized carbons (Fsp3) is 0.286. The molecule has 202 valence electrons. The van der Waals surface area contributed by atoms with Crippen LogP contribution in [-0.4, -0.2) is 80.6 Å². The van der Waals surface area contributed by atoms with Crippen molar-refractivity contribution in [2.24, 2.45) is 4.99 Å². The topological polar surface area (TPSA) is 123 Å². The molecule has 0 saturated carbocycles. The van der Waals surface area contributed by atoms with Crippen LogP contribution in [0.1, 0.15) is 5.56 Å². The standard InChI is InChI=1S/C28H26ClN3O6S/c1-30-12-19-25-21(31-28(19)38-23-14-37-26-22(33)13-36-27(23)26)11-20(29)24(32-25)17-5-3-15(4-6-17)16-7-9-18(10-8-16)39(2,34)35/h3-12,22-23,26-27,31,33H,13-14H2,1-2H3/t22-,23-,26-,27-/m1/s1. The lowest BCUT2D eigenvalue weighted by molar-refractivity contribution is 0.00792. The van der Waals surface area contributed by atoms with Gasteiger partial charge in [-0.2, -0.15) is 0 Å². The van der Waals surface area contributed by atoms with Crippen molar-refractivity contribution in [2.75, 3.05) is 26.5 Å². The average Bonchev–Trinajstić information content (AvgIpc) is 3.59. The number of rotatable bonds is 6. The van der Waals surface area contributed by atoms with Crippen molar-refractivity contribution in [3.63, 3.8) is 0 Å². The van der Waals surface area contributed by atoms with E-state index in [4.69, 9.17) is 30.8 Å². The van der Waals surface area contributed by atoms with Crippen molar-refractivity contribution < 1.29 is 27.7 Å². The average molecular weight is 568 g/mol. The number of aliphatic imine (C=N–C) groups is 1.